The van der Waals surface area contributed by atoms with Crippen LogP contribution in [0.4, 0.5) is 17.1 Å². The second kappa shape index (κ2) is 4.37. The Morgan fingerprint density at radius 3 is 2.47 bits per heavy atom. The highest BCUT2D eigenvalue weighted by Gasteiger charge is 2.21. The number of nitrogens with zero attached hydrogens (tertiary/aromatic N) is 1. The zero-order valence-corrected chi connectivity index (χ0v) is 9.65. The number of rotatable bonds is 4. The molecule has 1 aromatic carbocycles. The van der Waals surface area contributed by atoms with Crippen molar-refractivity contribution in [1.29, 1.82) is 0 Å². The predicted octanol–water partition coefficient (Wildman–Crippen LogP) is 1.24. The van der Waals surface area contributed by atoms with Crippen LogP contribution in [0.25, 0.3) is 0 Å². The molecule has 17 heavy (non-hydrogen) atoms. The van der Waals surface area contributed by atoms with Crippen LogP contribution in [0.2, 0.25) is 0 Å². The molecule has 2 aromatic rings. The number of anilines is 3. The minimum Gasteiger partial charge on any atom is -0.378 e. The van der Waals surface area contributed by atoms with Crippen LogP contribution in [0.3, 0.4) is 0 Å². The van der Waals surface area contributed by atoms with Gasteiger partial charge in [0, 0.05) is 12.2 Å². The summed E-state index contributed by atoms with van der Waals surface area (Å²) in [6, 6.07) is 3.64. The molecule has 0 bridgehead atoms. The molecule has 1 aromatic heterocycles. The first kappa shape index (κ1) is 11.3. The van der Waals surface area contributed by atoms with Crippen LogP contribution >= 0.6 is 0 Å². The molecular weight excluding hydrogens is 218 g/mol. The van der Waals surface area contributed by atoms with Gasteiger partial charge in [0.1, 0.15) is 11.4 Å². The van der Waals surface area contributed by atoms with Gasteiger partial charge >= 0.3 is 0 Å². The lowest BCUT2D eigenvalue weighted by Gasteiger charge is -2.16. The maximum atomic E-state index is 11.4. The number of hydrogen-bond acceptors (Lipinski definition) is 5. The van der Waals surface area contributed by atoms with Crippen LogP contribution < -0.4 is 21.5 Å². The van der Waals surface area contributed by atoms with E-state index in [1.807, 2.05) is 13.8 Å². The summed E-state index contributed by atoms with van der Waals surface area (Å²) >= 11 is 0. The van der Waals surface area contributed by atoms with E-state index in [1.165, 1.54) is 0 Å². The maximum Gasteiger partial charge on any atom is 0.253 e. The SMILES string of the molecule is CC(C)Nc1c(Nc2cccnc2)c(=O)c1=O. The van der Waals surface area contributed by atoms with Crippen molar-refractivity contribution in [2.24, 2.45) is 0 Å². The first-order valence-corrected chi connectivity index (χ1v) is 5.36. The second-order valence-corrected chi connectivity index (χ2v) is 4.07. The molecule has 2 N–H and O–H groups in total. The summed E-state index contributed by atoms with van der Waals surface area (Å²) < 4.78 is 0. The fraction of sp³-hybridized carbons (Fsp3) is 0.250. The van der Waals surface area contributed by atoms with Crippen LogP contribution in [0.15, 0.2) is 34.1 Å². The highest BCUT2D eigenvalue weighted by molar-refractivity contribution is 5.78. The van der Waals surface area contributed by atoms with Gasteiger partial charge in [-0.2, -0.15) is 0 Å². The van der Waals surface area contributed by atoms with Gasteiger partial charge < -0.3 is 10.6 Å². The maximum absolute atomic E-state index is 11.4. The Kier molecular flexibility index (Phi) is 2.91. The molecule has 1 heterocycles. The average Bonchev–Trinajstić information content (AvgIpc) is 2.34. The van der Waals surface area contributed by atoms with Gasteiger partial charge in [0.25, 0.3) is 10.9 Å². The Morgan fingerprint density at radius 2 is 1.88 bits per heavy atom. The summed E-state index contributed by atoms with van der Waals surface area (Å²) in [5.41, 5.74) is 0.402. The van der Waals surface area contributed by atoms with Crippen LogP contribution in [-0.2, 0) is 0 Å². The van der Waals surface area contributed by atoms with Gasteiger partial charge in [-0.15, -0.1) is 0 Å². The van der Waals surface area contributed by atoms with Crippen molar-refractivity contribution in [3.63, 3.8) is 0 Å². The third kappa shape index (κ3) is 2.18. The summed E-state index contributed by atoms with van der Waals surface area (Å²) in [7, 11) is 0. The van der Waals surface area contributed by atoms with Gasteiger partial charge in [-0.1, -0.05) is 0 Å². The molecule has 0 aliphatic heterocycles. The lowest BCUT2D eigenvalue weighted by atomic mass is 10.1. The largest absolute Gasteiger partial charge is 0.378 e. The third-order valence-corrected chi connectivity index (χ3v) is 2.27. The first-order valence-electron chi connectivity index (χ1n) is 5.36. The van der Waals surface area contributed by atoms with E-state index in [9.17, 15) is 9.59 Å². The van der Waals surface area contributed by atoms with Crippen LogP contribution in [0.1, 0.15) is 13.8 Å². The van der Waals surface area contributed by atoms with Gasteiger partial charge in [-0.05, 0) is 26.0 Å². The molecule has 0 amide bonds. The van der Waals surface area contributed by atoms with Crippen molar-refractivity contribution in [3.05, 3.63) is 45.0 Å². The molecule has 0 spiro atoms. The number of pyridine rings is 1. The van der Waals surface area contributed by atoms with E-state index in [2.05, 4.69) is 15.6 Å². The minimum atomic E-state index is -0.489. The molecule has 2 rings (SSSR count). The Hall–Kier alpha value is -2.17. The van der Waals surface area contributed by atoms with E-state index in [0.717, 1.165) is 0 Å². The van der Waals surface area contributed by atoms with Crippen molar-refractivity contribution >= 4 is 17.1 Å². The molecule has 5 heteroatoms. The number of hydrogen-bond donors (Lipinski definition) is 2. The van der Waals surface area contributed by atoms with E-state index in [0.29, 0.717) is 17.1 Å². The van der Waals surface area contributed by atoms with E-state index in [-0.39, 0.29) is 6.04 Å². The number of nitrogens with one attached hydrogen (secondary N) is 2. The summed E-state index contributed by atoms with van der Waals surface area (Å²) in [5, 5.41) is 5.85. The number of aromatic nitrogens is 1. The molecule has 0 saturated heterocycles. The average molecular weight is 231 g/mol. The Bertz CT molecular complexity index is 583. The smallest absolute Gasteiger partial charge is 0.253 e. The predicted molar refractivity (Wildman–Crippen MR) is 67.6 cm³/mol. The zero-order chi connectivity index (χ0) is 12.4. The highest BCUT2D eigenvalue weighted by Crippen LogP contribution is 2.20. The molecule has 0 aliphatic rings. The van der Waals surface area contributed by atoms with Crippen molar-refractivity contribution in [1.82, 2.24) is 4.98 Å². The second-order valence-electron chi connectivity index (χ2n) is 4.07. The normalized spacial score (nSPS) is 10.8. The van der Waals surface area contributed by atoms with Crippen LogP contribution in [0.5, 0.6) is 0 Å². The lowest BCUT2D eigenvalue weighted by molar-refractivity contribution is 0.894. The molecule has 88 valence electrons. The summed E-state index contributed by atoms with van der Waals surface area (Å²) in [6.45, 7) is 3.82. The van der Waals surface area contributed by atoms with E-state index in [4.69, 9.17) is 0 Å². The summed E-state index contributed by atoms with van der Waals surface area (Å²) in [4.78, 5) is 26.7. The van der Waals surface area contributed by atoms with Gasteiger partial charge in [-0.3, -0.25) is 14.6 Å². The Labute approximate surface area is 98.2 Å². The van der Waals surface area contributed by atoms with Crippen molar-refractivity contribution in [3.8, 4) is 0 Å². The van der Waals surface area contributed by atoms with E-state index >= 15 is 0 Å². The van der Waals surface area contributed by atoms with Crippen molar-refractivity contribution in [2.75, 3.05) is 10.6 Å². The first-order chi connectivity index (χ1) is 8.09. The summed E-state index contributed by atoms with van der Waals surface area (Å²) in [5.74, 6) is 0. The molecule has 0 unspecified atom stereocenters. The molecule has 0 saturated carbocycles. The van der Waals surface area contributed by atoms with Crippen LogP contribution in [-0.4, -0.2) is 11.0 Å². The Morgan fingerprint density at radius 1 is 1.18 bits per heavy atom. The molecule has 0 aliphatic carbocycles. The van der Waals surface area contributed by atoms with Gasteiger partial charge in [0.05, 0.1) is 11.9 Å². The molecule has 5 nitrogen and oxygen atoms in total. The fourth-order valence-electron chi connectivity index (χ4n) is 1.52. The van der Waals surface area contributed by atoms with Crippen molar-refractivity contribution in [2.45, 2.75) is 19.9 Å². The molecule has 0 radical (unpaired) electrons. The minimum absolute atomic E-state index is 0.104. The van der Waals surface area contributed by atoms with Crippen molar-refractivity contribution < 1.29 is 0 Å². The summed E-state index contributed by atoms with van der Waals surface area (Å²) in [6.07, 6.45) is 3.23. The van der Waals surface area contributed by atoms with E-state index < -0.39 is 10.9 Å². The molecule has 0 fully saturated rings. The van der Waals surface area contributed by atoms with Gasteiger partial charge in [0.2, 0.25) is 0 Å². The Balaban J connectivity index is 2.25. The fourth-order valence-corrected chi connectivity index (χ4v) is 1.52. The lowest BCUT2D eigenvalue weighted by Crippen LogP contribution is -2.38. The standard InChI is InChI=1S/C12H13N3O2/c1-7(2)14-9-10(12(17)11(9)16)15-8-4-3-5-13-6-8/h3-7,14-15H,1-2H3. The topological polar surface area (TPSA) is 71.1 Å². The third-order valence-electron chi connectivity index (χ3n) is 2.27. The molecule has 0 atom stereocenters. The van der Waals surface area contributed by atoms with Gasteiger partial charge in [0.15, 0.2) is 0 Å². The monoisotopic (exact) mass is 231 g/mol. The van der Waals surface area contributed by atoms with Gasteiger partial charge in [-0.25, -0.2) is 0 Å². The highest BCUT2D eigenvalue weighted by atomic mass is 16.2. The quantitative estimate of drug-likeness (QED) is 0.775. The van der Waals surface area contributed by atoms with E-state index in [1.54, 1.807) is 24.5 Å². The van der Waals surface area contributed by atoms with Crippen LogP contribution in [0, 0.1) is 0 Å². The zero-order valence-electron chi connectivity index (χ0n) is 9.65. The molecular formula is C12H13N3O2.